The Morgan fingerprint density at radius 3 is 1.34 bits per heavy atom. The maximum Gasteiger partial charge on any atom is 0.303 e. The van der Waals surface area contributed by atoms with E-state index in [2.05, 4.69) is 10.6 Å². The van der Waals surface area contributed by atoms with Crippen LogP contribution in [0.2, 0.25) is 0 Å². The van der Waals surface area contributed by atoms with Crippen LogP contribution in [0.5, 0.6) is 23.0 Å². The van der Waals surface area contributed by atoms with Crippen molar-refractivity contribution in [3.8, 4) is 23.0 Å². The molecule has 2 unspecified atom stereocenters. The van der Waals surface area contributed by atoms with Crippen LogP contribution in [0.15, 0.2) is 24.3 Å². The van der Waals surface area contributed by atoms with E-state index in [9.17, 15) is 39.4 Å². The minimum absolute atomic E-state index is 0.0737. The highest BCUT2D eigenvalue weighted by Crippen LogP contribution is 2.40. The van der Waals surface area contributed by atoms with Crippen molar-refractivity contribution < 1.29 is 62.2 Å². The zero-order valence-electron chi connectivity index (χ0n) is 30.6. The maximum absolute atomic E-state index is 12.2. The second-order valence-electron chi connectivity index (χ2n) is 11.4. The number of hydrogen-bond acceptors (Lipinski definition) is 15. The van der Waals surface area contributed by atoms with Gasteiger partial charge in [-0.2, -0.15) is 0 Å². The molecule has 0 saturated heterocycles. The first-order chi connectivity index (χ1) is 25.2. The Morgan fingerprint density at radius 2 is 1.02 bits per heavy atom. The number of hydrogen-bond donors (Lipinski definition) is 2. The van der Waals surface area contributed by atoms with Crippen molar-refractivity contribution in [3.05, 3.63) is 55.6 Å². The van der Waals surface area contributed by atoms with Crippen molar-refractivity contribution >= 4 is 35.1 Å². The normalized spacial score (nSPS) is 11.7. The SMILES string of the molecule is COc1cc(C(C)OC(C)=O)c([N+](=O)[O-])cc1OCCCC(=O)NCCOCCNC(=O)CCCOc1cc([N+](=O)[O-])c(C(C)OC(C)=O)cc1OC. The number of methoxy groups -OCH3 is 2. The fourth-order valence-corrected chi connectivity index (χ4v) is 4.90. The summed E-state index contributed by atoms with van der Waals surface area (Å²) < 4.78 is 37.5. The van der Waals surface area contributed by atoms with Gasteiger partial charge in [0.15, 0.2) is 23.0 Å². The quantitative estimate of drug-likeness (QED) is 0.0666. The van der Waals surface area contributed by atoms with E-state index >= 15 is 0 Å². The van der Waals surface area contributed by atoms with Crippen LogP contribution >= 0.6 is 0 Å². The number of nitrogens with one attached hydrogen (secondary N) is 2. The summed E-state index contributed by atoms with van der Waals surface area (Å²) in [5.74, 6) is -1.06. The summed E-state index contributed by atoms with van der Waals surface area (Å²) in [5.41, 5.74) is -0.312. The van der Waals surface area contributed by atoms with Gasteiger partial charge in [-0.1, -0.05) is 0 Å². The predicted molar refractivity (Wildman–Crippen MR) is 186 cm³/mol. The Hall–Kier alpha value is -5.72. The molecule has 0 aliphatic carbocycles. The summed E-state index contributed by atoms with van der Waals surface area (Å²) in [7, 11) is 2.74. The molecule has 0 radical (unpaired) electrons. The van der Waals surface area contributed by atoms with Crippen LogP contribution in [0.1, 0.15) is 76.7 Å². The van der Waals surface area contributed by atoms with Crippen LogP contribution in [0.3, 0.4) is 0 Å². The molecule has 2 rings (SSSR count). The first kappa shape index (κ1) is 43.4. The number of esters is 2. The van der Waals surface area contributed by atoms with Gasteiger partial charge >= 0.3 is 11.9 Å². The molecule has 0 aliphatic rings. The monoisotopic (exact) mass is 750 g/mol. The third-order valence-electron chi connectivity index (χ3n) is 7.33. The zero-order chi connectivity index (χ0) is 39.5. The first-order valence-corrected chi connectivity index (χ1v) is 16.6. The third-order valence-corrected chi connectivity index (χ3v) is 7.33. The number of ether oxygens (including phenoxy) is 7. The number of nitrogens with zero attached hydrogens (tertiary/aromatic N) is 2. The fraction of sp³-hybridized carbons (Fsp3) is 0.529. The zero-order valence-corrected chi connectivity index (χ0v) is 30.6. The molecular weight excluding hydrogens is 704 g/mol. The lowest BCUT2D eigenvalue weighted by atomic mass is 10.1. The first-order valence-electron chi connectivity index (χ1n) is 16.6. The highest BCUT2D eigenvalue weighted by atomic mass is 16.6. The van der Waals surface area contributed by atoms with Crippen molar-refractivity contribution in [2.24, 2.45) is 0 Å². The lowest BCUT2D eigenvalue weighted by molar-refractivity contribution is -0.386. The largest absolute Gasteiger partial charge is 0.493 e. The van der Waals surface area contributed by atoms with Crippen LogP contribution in [-0.2, 0) is 33.4 Å². The van der Waals surface area contributed by atoms with Crippen LogP contribution < -0.4 is 29.6 Å². The van der Waals surface area contributed by atoms with Crippen molar-refractivity contribution in [2.45, 2.75) is 65.6 Å². The molecule has 2 amide bonds. The molecule has 0 saturated carbocycles. The topological polar surface area (TPSA) is 243 Å². The summed E-state index contributed by atoms with van der Waals surface area (Å²) in [6.45, 7) is 6.44. The number of carbonyl (C=O) groups is 4. The molecule has 292 valence electrons. The van der Waals surface area contributed by atoms with Gasteiger partial charge in [-0.25, -0.2) is 0 Å². The van der Waals surface area contributed by atoms with E-state index in [0.29, 0.717) is 12.8 Å². The van der Waals surface area contributed by atoms with Gasteiger partial charge in [0, 0.05) is 39.8 Å². The van der Waals surface area contributed by atoms with E-state index in [1.165, 1.54) is 66.2 Å². The maximum atomic E-state index is 12.2. The molecule has 2 N–H and O–H groups in total. The van der Waals surface area contributed by atoms with Crippen LogP contribution in [0.25, 0.3) is 0 Å². The summed E-state index contributed by atoms with van der Waals surface area (Å²) in [6.07, 6.45) is -0.909. The van der Waals surface area contributed by atoms with Crippen LogP contribution in [-0.4, -0.2) is 87.3 Å². The van der Waals surface area contributed by atoms with Crippen LogP contribution in [0.4, 0.5) is 11.4 Å². The van der Waals surface area contributed by atoms with Gasteiger partial charge < -0.3 is 43.8 Å². The lowest BCUT2D eigenvalue weighted by Crippen LogP contribution is -2.30. The minimum Gasteiger partial charge on any atom is -0.493 e. The Labute approximate surface area is 305 Å². The lowest BCUT2D eigenvalue weighted by Gasteiger charge is -2.16. The van der Waals surface area contributed by atoms with Gasteiger partial charge in [0.25, 0.3) is 11.4 Å². The molecule has 0 heterocycles. The van der Waals surface area contributed by atoms with E-state index < -0.39 is 34.0 Å². The average Bonchev–Trinajstić information content (AvgIpc) is 3.10. The molecule has 53 heavy (non-hydrogen) atoms. The molecule has 2 aromatic rings. The predicted octanol–water partition coefficient (Wildman–Crippen LogP) is 4.04. The van der Waals surface area contributed by atoms with Crippen molar-refractivity contribution in [1.29, 1.82) is 0 Å². The van der Waals surface area contributed by atoms with Gasteiger partial charge in [0.05, 0.1) is 73.8 Å². The molecule has 2 atom stereocenters. The standard InChI is InChI=1S/C34H46N4O15/c1-21(52-23(3)39)25-17-29(47-5)31(19-27(25)37(43)44)50-13-7-9-33(41)35-11-15-49-16-12-36-34(42)10-8-14-51-32-20-28(38(45)46)26(18-30(32)48-6)22(2)53-24(4)40/h17-22H,7-16H2,1-6H3,(H,35,41)(H,36,42). The summed E-state index contributed by atoms with van der Waals surface area (Å²) in [4.78, 5) is 69.0. The second-order valence-corrected chi connectivity index (χ2v) is 11.4. The van der Waals surface area contributed by atoms with Crippen molar-refractivity contribution in [3.63, 3.8) is 0 Å². The summed E-state index contributed by atoms with van der Waals surface area (Å²) >= 11 is 0. The molecule has 0 aromatic heterocycles. The third kappa shape index (κ3) is 14.8. The molecule has 0 fully saturated rings. The Bertz CT molecular complexity index is 1480. The Morgan fingerprint density at radius 1 is 0.642 bits per heavy atom. The van der Waals surface area contributed by atoms with E-state index in [1.54, 1.807) is 0 Å². The van der Waals surface area contributed by atoms with Gasteiger partial charge in [-0.15, -0.1) is 0 Å². The van der Waals surface area contributed by atoms with Gasteiger partial charge in [0.2, 0.25) is 11.8 Å². The van der Waals surface area contributed by atoms with E-state index in [-0.39, 0.29) is 110 Å². The van der Waals surface area contributed by atoms with Crippen molar-refractivity contribution in [2.75, 3.05) is 53.7 Å². The van der Waals surface area contributed by atoms with Crippen molar-refractivity contribution in [1.82, 2.24) is 10.6 Å². The second kappa shape index (κ2) is 22.3. The molecule has 2 aromatic carbocycles. The number of carbonyl (C=O) groups excluding carboxylic acids is 4. The van der Waals surface area contributed by atoms with Crippen LogP contribution in [0, 0.1) is 20.2 Å². The smallest absolute Gasteiger partial charge is 0.303 e. The number of benzene rings is 2. The molecule has 0 aliphatic heterocycles. The Balaban J connectivity index is 1.64. The highest BCUT2D eigenvalue weighted by Gasteiger charge is 2.27. The average molecular weight is 751 g/mol. The van der Waals surface area contributed by atoms with E-state index in [4.69, 9.17) is 33.2 Å². The summed E-state index contributed by atoms with van der Waals surface area (Å²) in [5, 5.41) is 28.6. The fourth-order valence-electron chi connectivity index (χ4n) is 4.90. The molecule has 19 heteroatoms. The van der Waals surface area contributed by atoms with Gasteiger partial charge in [-0.3, -0.25) is 39.4 Å². The van der Waals surface area contributed by atoms with E-state index in [0.717, 1.165) is 0 Å². The highest BCUT2D eigenvalue weighted by molar-refractivity contribution is 5.76. The van der Waals surface area contributed by atoms with E-state index in [1.807, 2.05) is 0 Å². The molecule has 0 bridgehead atoms. The number of nitro benzene ring substituents is 2. The molecule has 19 nitrogen and oxygen atoms in total. The number of nitro groups is 2. The van der Waals surface area contributed by atoms with Gasteiger partial charge in [0.1, 0.15) is 12.2 Å². The summed E-state index contributed by atoms with van der Waals surface area (Å²) in [6, 6.07) is 5.14. The molecule has 0 spiro atoms. The Kier molecular flexibility index (Phi) is 18.3. The number of rotatable bonds is 24. The molecular formula is C34H46N4O15. The van der Waals surface area contributed by atoms with Gasteiger partial charge in [-0.05, 0) is 38.8 Å². The number of amides is 2. The minimum atomic E-state index is -0.884.